The van der Waals surface area contributed by atoms with Crippen molar-refractivity contribution < 1.29 is 200 Å². The highest BCUT2D eigenvalue weighted by molar-refractivity contribution is 5.88. The molecule has 1 aromatic carbocycles. The van der Waals surface area contributed by atoms with E-state index in [1.165, 1.54) is 20.8 Å². The molecular weight excluding hydrogens is 1850 g/mol. The van der Waals surface area contributed by atoms with Crippen molar-refractivity contribution in [3.8, 4) is 5.75 Å². The van der Waals surface area contributed by atoms with E-state index in [1.54, 1.807) is 24.3 Å². The van der Waals surface area contributed by atoms with E-state index in [1.807, 2.05) is 20.8 Å². The SMILES string of the molecule is CC(=O)N[C@H]1[C@H](OCCOCCOCCNC(=O)CCOCC(COCCC(=O)NCCOCCOCCO[C@@H]2O[C@H](COC(C)=O)[C@H](OC(C)=O)[C@H](OC(C)=O)[C@H]2NC(C)=O)(COCCC(=O)NCCOCCOCCO[C@@H]2O[C@H](COC(C)=O)[C@H](OC(C)=O)[C@H](OC(C)=O)[C@H]2NC(C)=O)NC(=O)CNC(=O)[C@@H](N)Cc2ccc(OC(C)(C)C)cc2)O[C@H](COC(C)=O)[C@H](OC(C)=O)[C@@H]1OC(C)=O. The Kier molecular flexibility index (Phi) is 57.4. The molecular formula is C88H139N9O42. The Balaban J connectivity index is 1.40. The van der Waals surface area contributed by atoms with Gasteiger partial charge in [0.2, 0.25) is 47.3 Å². The van der Waals surface area contributed by atoms with E-state index in [0.717, 1.165) is 62.3 Å². The number of hydrogen-bond acceptors (Lipinski definition) is 43. The number of esters is 9. The number of benzene rings is 1. The fourth-order valence-electron chi connectivity index (χ4n) is 13.6. The van der Waals surface area contributed by atoms with Crippen LogP contribution >= 0.6 is 0 Å². The van der Waals surface area contributed by atoms with Gasteiger partial charge < -0.3 is 167 Å². The molecule has 3 aliphatic rings. The number of amides is 8. The van der Waals surface area contributed by atoms with Crippen molar-refractivity contribution in [3.05, 3.63) is 29.8 Å². The smallest absolute Gasteiger partial charge is 0.303 e. The van der Waals surface area contributed by atoms with Crippen molar-refractivity contribution in [2.45, 2.75) is 239 Å². The number of nitrogens with two attached hydrogens (primary N) is 1. The van der Waals surface area contributed by atoms with Crippen molar-refractivity contribution in [1.29, 1.82) is 0 Å². The van der Waals surface area contributed by atoms with Crippen LogP contribution in [0.4, 0.5) is 0 Å². The molecule has 8 amide bonds. The summed E-state index contributed by atoms with van der Waals surface area (Å²) in [6, 6.07) is 2.28. The van der Waals surface area contributed by atoms with Gasteiger partial charge in [-0.3, -0.25) is 81.5 Å². The van der Waals surface area contributed by atoms with Crippen molar-refractivity contribution in [2.24, 2.45) is 5.73 Å². The van der Waals surface area contributed by atoms with Crippen LogP contribution in [-0.2, 0) is 202 Å². The van der Waals surface area contributed by atoms with Crippen LogP contribution in [0, 0.1) is 0 Å². The minimum absolute atomic E-state index is 0.0286. The van der Waals surface area contributed by atoms with Gasteiger partial charge in [0.25, 0.3) is 0 Å². The first-order chi connectivity index (χ1) is 65.9. The number of carbonyl (C=O) groups is 17. The highest BCUT2D eigenvalue weighted by Gasteiger charge is 2.55. The Bertz CT molecular complexity index is 3700. The predicted molar refractivity (Wildman–Crippen MR) is 473 cm³/mol. The summed E-state index contributed by atoms with van der Waals surface area (Å²) in [6.07, 6.45) is -16.1. The van der Waals surface area contributed by atoms with Gasteiger partial charge in [0.05, 0.1) is 151 Å². The molecule has 16 atom stereocenters. The number of ether oxygens (including phenoxy) is 25. The van der Waals surface area contributed by atoms with Crippen molar-refractivity contribution in [1.82, 2.24) is 42.5 Å². The van der Waals surface area contributed by atoms with Crippen LogP contribution in [0.2, 0.25) is 0 Å². The monoisotopic (exact) mass is 1990 g/mol. The first kappa shape index (κ1) is 121. The molecule has 0 radical (unpaired) electrons. The minimum Gasteiger partial charge on any atom is -0.488 e. The molecule has 0 bridgehead atoms. The maximum atomic E-state index is 14.2. The first-order valence-electron chi connectivity index (χ1n) is 45.1. The van der Waals surface area contributed by atoms with Gasteiger partial charge in [0, 0.05) is 122 Å². The summed E-state index contributed by atoms with van der Waals surface area (Å²) in [4.78, 5) is 213. The molecule has 3 heterocycles. The Hall–Kier alpha value is -10.6. The van der Waals surface area contributed by atoms with Gasteiger partial charge in [0.1, 0.15) is 73.1 Å². The average Bonchev–Trinajstić information content (AvgIpc) is 0.793. The van der Waals surface area contributed by atoms with Gasteiger partial charge in [-0.1, -0.05) is 12.1 Å². The molecule has 3 saturated heterocycles. The fourth-order valence-corrected chi connectivity index (χ4v) is 13.6. The third-order valence-electron chi connectivity index (χ3n) is 19.1. The van der Waals surface area contributed by atoms with Crippen LogP contribution in [-0.4, -0.2) is 395 Å². The lowest BCUT2D eigenvalue weighted by atomic mass is 9.96. The summed E-state index contributed by atoms with van der Waals surface area (Å²) in [7, 11) is 0. The average molecular weight is 2000 g/mol. The molecule has 51 heteroatoms. The molecule has 0 aromatic heterocycles. The van der Waals surface area contributed by atoms with Gasteiger partial charge in [-0.2, -0.15) is 0 Å². The third kappa shape index (κ3) is 51.9. The number of carbonyl (C=O) groups excluding carboxylic acids is 17. The van der Waals surface area contributed by atoms with Crippen LogP contribution in [0.15, 0.2) is 24.3 Å². The molecule has 788 valence electrons. The Morgan fingerprint density at radius 2 is 0.619 bits per heavy atom. The highest BCUT2D eigenvalue weighted by atomic mass is 16.7. The molecule has 4 rings (SSSR count). The summed E-state index contributed by atoms with van der Waals surface area (Å²) in [5, 5.41) is 21.4. The second-order valence-electron chi connectivity index (χ2n) is 32.6. The van der Waals surface area contributed by atoms with Crippen LogP contribution in [0.5, 0.6) is 5.75 Å². The number of hydrogen-bond donors (Lipinski definition) is 9. The minimum atomic E-state index is -1.67. The zero-order valence-corrected chi connectivity index (χ0v) is 81.4. The van der Waals surface area contributed by atoms with Crippen LogP contribution in [0.3, 0.4) is 0 Å². The van der Waals surface area contributed by atoms with Gasteiger partial charge >= 0.3 is 53.7 Å². The van der Waals surface area contributed by atoms with E-state index in [2.05, 4.69) is 42.5 Å². The molecule has 139 heavy (non-hydrogen) atoms. The van der Waals surface area contributed by atoms with E-state index in [0.29, 0.717) is 11.3 Å². The normalized spacial score (nSPS) is 21.4. The standard InChI is InChI=1S/C88H139N9O42/c1-52(98)94-74-80(133-61(10)107)77(130-58(7)104)67(46-127-55(4)101)136-84(74)124-41-38-118-35-32-115-29-23-90-70(110)20-26-121-49-88(97-73(113)45-93-83(114)66(89)44-64-16-18-65(19-17-64)139-87(13,14)15,50-122-27-21-71(111)91-24-30-116-33-36-119-39-42-125-85-75(95-53(2)99)81(134-62(11)108)78(131-59(8)105)68(137-85)47-128-56(5)102)51-123-28-22-72(112)92-25-31-117-34-37-120-40-43-126-86-76(96-54(3)100)82(135-63(12)109)79(132-60(9)106)69(138-86)48-129-57(6)103/h16-19,66-69,74-82,84-86H,20-51,89H2,1-15H3,(H,90,110)(H,91,111)(H,92,112)(H,93,114)(H,94,98)(H,95,99)(H,96,100)(H,97,113)/t66-,67+,68+,69+,74+,75+,76+,77-,78-,79-,80+,81+,82+,84+,85+,86+/m0/s1. The zero-order valence-electron chi connectivity index (χ0n) is 81.4. The summed E-state index contributed by atoms with van der Waals surface area (Å²) < 4.78 is 142. The first-order valence-corrected chi connectivity index (χ1v) is 45.1. The lowest BCUT2D eigenvalue weighted by Crippen LogP contribution is -2.66. The van der Waals surface area contributed by atoms with E-state index < -0.39 is 256 Å². The van der Waals surface area contributed by atoms with E-state index in [-0.39, 0.29) is 164 Å². The molecule has 10 N–H and O–H groups in total. The van der Waals surface area contributed by atoms with E-state index >= 15 is 0 Å². The van der Waals surface area contributed by atoms with Crippen molar-refractivity contribution in [3.63, 3.8) is 0 Å². The number of nitrogens with one attached hydrogen (secondary N) is 8. The van der Waals surface area contributed by atoms with Crippen LogP contribution < -0.4 is 53.0 Å². The van der Waals surface area contributed by atoms with Crippen LogP contribution in [0.1, 0.15) is 129 Å². The van der Waals surface area contributed by atoms with Crippen molar-refractivity contribution in [2.75, 3.05) is 185 Å². The molecule has 1 aromatic rings. The van der Waals surface area contributed by atoms with Crippen LogP contribution in [0.25, 0.3) is 0 Å². The second-order valence-corrected chi connectivity index (χ2v) is 32.6. The highest BCUT2D eigenvalue weighted by Crippen LogP contribution is 2.32. The molecule has 0 spiro atoms. The molecule has 51 nitrogen and oxygen atoms in total. The maximum absolute atomic E-state index is 14.2. The summed E-state index contributed by atoms with van der Waals surface area (Å²) in [5.74, 6) is -10.7. The molecule has 0 unspecified atom stereocenters. The van der Waals surface area contributed by atoms with Crippen molar-refractivity contribution >= 4 is 101 Å². The second kappa shape index (κ2) is 66.1. The van der Waals surface area contributed by atoms with Gasteiger partial charge in [-0.25, -0.2) is 0 Å². The third-order valence-corrected chi connectivity index (χ3v) is 19.1. The van der Waals surface area contributed by atoms with Gasteiger partial charge in [0.15, 0.2) is 55.5 Å². The number of rotatable bonds is 67. The lowest BCUT2D eigenvalue weighted by molar-refractivity contribution is -0.279. The summed E-state index contributed by atoms with van der Waals surface area (Å²) in [5.41, 5.74) is 4.90. The van der Waals surface area contributed by atoms with E-state index in [9.17, 15) is 81.5 Å². The Morgan fingerprint density at radius 3 is 0.892 bits per heavy atom. The molecule has 0 saturated carbocycles. The summed E-state index contributed by atoms with van der Waals surface area (Å²) in [6.45, 7) is 15.3. The summed E-state index contributed by atoms with van der Waals surface area (Å²) >= 11 is 0. The van der Waals surface area contributed by atoms with Gasteiger partial charge in [-0.15, -0.1) is 0 Å². The fraction of sp³-hybridized carbons (Fsp3) is 0.739. The Labute approximate surface area is 805 Å². The predicted octanol–water partition coefficient (Wildman–Crippen LogP) is -3.61. The van der Waals surface area contributed by atoms with Gasteiger partial charge in [-0.05, 0) is 44.9 Å². The lowest BCUT2D eigenvalue weighted by Gasteiger charge is -2.44. The largest absolute Gasteiger partial charge is 0.488 e. The molecule has 3 aliphatic heterocycles. The zero-order chi connectivity index (χ0) is 103. The topological polar surface area (TPSA) is 643 Å². The molecule has 0 aliphatic carbocycles. The molecule has 3 fully saturated rings. The maximum Gasteiger partial charge on any atom is 0.303 e. The quantitative estimate of drug-likeness (QED) is 0.0173. The van der Waals surface area contributed by atoms with E-state index in [4.69, 9.17) is 124 Å². The Morgan fingerprint density at radius 1 is 0.338 bits per heavy atom.